The lowest BCUT2D eigenvalue weighted by Crippen LogP contribution is -2.69. The molecule has 0 amide bonds. The van der Waals surface area contributed by atoms with Crippen molar-refractivity contribution < 1.29 is 40.1 Å². The lowest BCUT2D eigenvalue weighted by molar-refractivity contribution is -0.342. The number of fused-ring (bicyclic) bond motifs is 5. The van der Waals surface area contributed by atoms with Gasteiger partial charge in [-0.05, 0) is 113 Å². The quantitative estimate of drug-likeness (QED) is 0.229. The van der Waals surface area contributed by atoms with Gasteiger partial charge >= 0.3 is 0 Å². The molecule has 0 unspecified atom stereocenters. The van der Waals surface area contributed by atoms with Crippen molar-refractivity contribution in [3.8, 4) is 0 Å². The molecule has 5 rings (SSSR count). The standard InChI is InChI=1S/C36H62O8/c1-21(2)10-9-15-34(7,44-30-29(41)28(40)27(39)22(20-37)43-30)25-12-18-35(8)33(6)17-11-23-31(3,4)26(38)14-16-32(23,5)24(33)13-19-36(25,35)42/h10,22-30,37-42H,9,11-20H2,1-8H3/t22-,23+,24-,25-,26+,27-,28+,29-,30+,32+,33-,34+,35+,36+/m1/s1. The number of allylic oxidation sites excluding steroid dienone is 2. The lowest BCUT2D eigenvalue weighted by atomic mass is 9.34. The molecule has 8 nitrogen and oxygen atoms in total. The van der Waals surface area contributed by atoms with E-state index in [0.717, 1.165) is 51.4 Å². The van der Waals surface area contributed by atoms with Gasteiger partial charge in [0, 0.05) is 11.3 Å². The largest absolute Gasteiger partial charge is 0.394 e. The van der Waals surface area contributed by atoms with E-state index in [1.165, 1.54) is 5.57 Å². The van der Waals surface area contributed by atoms with Crippen LogP contribution in [0.5, 0.6) is 0 Å². The van der Waals surface area contributed by atoms with Crippen molar-refractivity contribution in [3.05, 3.63) is 11.6 Å². The van der Waals surface area contributed by atoms with Crippen molar-refractivity contribution in [2.24, 2.45) is 39.4 Å². The molecule has 0 bridgehead atoms. The average Bonchev–Trinajstić information content (AvgIpc) is 3.23. The van der Waals surface area contributed by atoms with Crippen molar-refractivity contribution in [2.45, 2.75) is 168 Å². The van der Waals surface area contributed by atoms with Crippen molar-refractivity contribution in [2.75, 3.05) is 6.61 Å². The second kappa shape index (κ2) is 11.5. The molecule has 0 aromatic heterocycles. The summed E-state index contributed by atoms with van der Waals surface area (Å²) in [5.41, 5.74) is -1.23. The van der Waals surface area contributed by atoms with Gasteiger partial charge in [0.15, 0.2) is 6.29 Å². The summed E-state index contributed by atoms with van der Waals surface area (Å²) in [6.45, 7) is 17.3. The smallest absolute Gasteiger partial charge is 0.187 e. The van der Waals surface area contributed by atoms with Gasteiger partial charge in [-0.25, -0.2) is 0 Å². The van der Waals surface area contributed by atoms with Crippen LogP contribution in [0.2, 0.25) is 0 Å². The third-order valence-electron chi connectivity index (χ3n) is 14.7. The maximum Gasteiger partial charge on any atom is 0.187 e. The molecule has 0 radical (unpaired) electrons. The van der Waals surface area contributed by atoms with Crippen LogP contribution in [0, 0.1) is 39.4 Å². The van der Waals surface area contributed by atoms with Crippen LogP contribution in [0.4, 0.5) is 0 Å². The zero-order valence-corrected chi connectivity index (χ0v) is 28.6. The minimum Gasteiger partial charge on any atom is -0.394 e. The fraction of sp³-hybridized carbons (Fsp3) is 0.944. The van der Waals surface area contributed by atoms with Gasteiger partial charge < -0.3 is 40.1 Å². The zero-order valence-electron chi connectivity index (χ0n) is 28.6. The second-order valence-corrected chi connectivity index (χ2v) is 17.3. The van der Waals surface area contributed by atoms with Crippen LogP contribution in [0.25, 0.3) is 0 Å². The molecule has 1 heterocycles. The van der Waals surface area contributed by atoms with E-state index in [1.54, 1.807) is 0 Å². The predicted molar refractivity (Wildman–Crippen MR) is 168 cm³/mol. The molecule has 14 atom stereocenters. The molecule has 0 aromatic carbocycles. The van der Waals surface area contributed by atoms with E-state index in [0.29, 0.717) is 24.7 Å². The van der Waals surface area contributed by atoms with Gasteiger partial charge in [0.1, 0.15) is 24.4 Å². The molecule has 5 aliphatic rings. The molecule has 0 spiro atoms. The Kier molecular flexibility index (Phi) is 9.11. The highest BCUT2D eigenvalue weighted by molar-refractivity contribution is 5.24. The van der Waals surface area contributed by atoms with Crippen molar-refractivity contribution in [1.29, 1.82) is 0 Å². The van der Waals surface area contributed by atoms with Crippen LogP contribution in [0.15, 0.2) is 11.6 Å². The fourth-order valence-corrected chi connectivity index (χ4v) is 11.9. The van der Waals surface area contributed by atoms with Crippen molar-refractivity contribution in [1.82, 2.24) is 0 Å². The summed E-state index contributed by atoms with van der Waals surface area (Å²) < 4.78 is 12.6. The molecule has 6 N–H and O–H groups in total. The number of aliphatic hydroxyl groups is 6. The van der Waals surface area contributed by atoms with Crippen LogP contribution >= 0.6 is 0 Å². The maximum absolute atomic E-state index is 13.1. The van der Waals surface area contributed by atoms with Crippen LogP contribution in [-0.2, 0) is 9.47 Å². The molecular weight excluding hydrogens is 560 g/mol. The monoisotopic (exact) mass is 622 g/mol. The van der Waals surface area contributed by atoms with Gasteiger partial charge in [-0.3, -0.25) is 0 Å². The average molecular weight is 623 g/mol. The summed E-state index contributed by atoms with van der Waals surface area (Å²) in [6.07, 6.45) is 3.52. The van der Waals surface area contributed by atoms with E-state index in [9.17, 15) is 30.6 Å². The van der Waals surface area contributed by atoms with E-state index in [1.807, 2.05) is 6.92 Å². The van der Waals surface area contributed by atoms with Gasteiger partial charge in [0.05, 0.1) is 23.9 Å². The molecule has 254 valence electrons. The third-order valence-corrected chi connectivity index (χ3v) is 14.7. The van der Waals surface area contributed by atoms with Crippen molar-refractivity contribution in [3.63, 3.8) is 0 Å². The molecule has 1 saturated heterocycles. The number of hydrogen-bond donors (Lipinski definition) is 6. The third kappa shape index (κ3) is 4.91. The summed E-state index contributed by atoms with van der Waals surface area (Å²) in [5, 5.41) is 65.8. The summed E-state index contributed by atoms with van der Waals surface area (Å²) >= 11 is 0. The van der Waals surface area contributed by atoms with E-state index in [4.69, 9.17) is 9.47 Å². The topological polar surface area (TPSA) is 140 Å². The van der Waals surface area contributed by atoms with E-state index in [-0.39, 0.29) is 33.7 Å². The summed E-state index contributed by atoms with van der Waals surface area (Å²) in [7, 11) is 0. The van der Waals surface area contributed by atoms with Crippen LogP contribution in [0.3, 0.4) is 0 Å². The minimum absolute atomic E-state index is 0.0949. The van der Waals surface area contributed by atoms with E-state index >= 15 is 0 Å². The summed E-state index contributed by atoms with van der Waals surface area (Å²) in [6, 6.07) is 0. The molecule has 44 heavy (non-hydrogen) atoms. The number of rotatable bonds is 7. The Labute approximate surface area is 265 Å². The molecule has 5 fully saturated rings. The Hall–Kier alpha value is -0.580. The summed E-state index contributed by atoms with van der Waals surface area (Å²) in [4.78, 5) is 0. The first-order chi connectivity index (χ1) is 20.3. The number of ether oxygens (including phenoxy) is 2. The molecular formula is C36H62O8. The Morgan fingerprint density at radius 1 is 0.864 bits per heavy atom. The van der Waals surface area contributed by atoms with Crippen LogP contribution < -0.4 is 0 Å². The first kappa shape index (κ1) is 34.7. The normalized spacial score (nSPS) is 51.5. The van der Waals surface area contributed by atoms with Crippen LogP contribution in [0.1, 0.15) is 120 Å². The first-order valence-corrected chi connectivity index (χ1v) is 17.3. The van der Waals surface area contributed by atoms with E-state index in [2.05, 4.69) is 54.5 Å². The molecule has 8 heteroatoms. The van der Waals surface area contributed by atoms with Gasteiger partial charge in [0.2, 0.25) is 0 Å². The second-order valence-electron chi connectivity index (χ2n) is 17.3. The summed E-state index contributed by atoms with van der Waals surface area (Å²) in [5.74, 6) is 0.631. The Morgan fingerprint density at radius 3 is 2.16 bits per heavy atom. The Morgan fingerprint density at radius 2 is 1.52 bits per heavy atom. The number of aliphatic hydroxyl groups excluding tert-OH is 5. The highest BCUT2D eigenvalue weighted by Gasteiger charge is 2.74. The van der Waals surface area contributed by atoms with Crippen molar-refractivity contribution >= 4 is 0 Å². The predicted octanol–water partition coefficient (Wildman–Crippen LogP) is 4.47. The van der Waals surface area contributed by atoms with Gasteiger partial charge in [0.25, 0.3) is 0 Å². The number of hydrogen-bond acceptors (Lipinski definition) is 8. The van der Waals surface area contributed by atoms with E-state index < -0.39 is 48.5 Å². The van der Waals surface area contributed by atoms with Gasteiger partial charge in [-0.2, -0.15) is 0 Å². The van der Waals surface area contributed by atoms with Gasteiger partial charge in [-0.15, -0.1) is 0 Å². The lowest BCUT2D eigenvalue weighted by Gasteiger charge is -2.71. The first-order valence-electron chi connectivity index (χ1n) is 17.3. The minimum atomic E-state index is -1.52. The Balaban J connectivity index is 1.49. The molecule has 4 saturated carbocycles. The fourth-order valence-electron chi connectivity index (χ4n) is 11.9. The molecule has 0 aromatic rings. The molecule has 4 aliphatic carbocycles. The Bertz CT molecular complexity index is 1090. The maximum atomic E-state index is 13.1. The highest BCUT2D eigenvalue weighted by atomic mass is 16.7. The molecule has 1 aliphatic heterocycles. The SMILES string of the molecule is CC(C)=CCC[C@](C)(O[C@@H]1O[C@H](CO)[C@@H](O)[C@H](O)[C@H]1O)[C@H]1CC[C@@]2(C)[C@]3(C)CC[C@H]4C(C)(C)[C@@H](O)CC[C@]4(C)[C@H]3CC[C@]12O. The van der Waals surface area contributed by atoms with Gasteiger partial charge in [-0.1, -0.05) is 46.3 Å². The van der Waals surface area contributed by atoms with Crippen LogP contribution in [-0.4, -0.2) is 85.3 Å². The zero-order chi connectivity index (χ0) is 32.7. The highest BCUT2D eigenvalue weighted by Crippen LogP contribution is 2.77.